The van der Waals surface area contributed by atoms with Crippen LogP contribution in [0.1, 0.15) is 24.2 Å². The fourth-order valence-corrected chi connectivity index (χ4v) is 3.85. The molecule has 128 valence electrons. The second-order valence-corrected chi connectivity index (χ2v) is 6.82. The van der Waals surface area contributed by atoms with Gasteiger partial charge >= 0.3 is 0 Å². The van der Waals surface area contributed by atoms with Crippen molar-refractivity contribution in [3.05, 3.63) is 42.1 Å². The van der Waals surface area contributed by atoms with Crippen LogP contribution in [0.4, 0.5) is 5.95 Å². The first-order valence-corrected chi connectivity index (χ1v) is 8.62. The van der Waals surface area contributed by atoms with Gasteiger partial charge in [0.15, 0.2) is 0 Å². The van der Waals surface area contributed by atoms with E-state index in [0.717, 1.165) is 49.8 Å². The van der Waals surface area contributed by atoms with E-state index in [1.807, 2.05) is 31.5 Å². The molecule has 0 N–H and O–H groups in total. The van der Waals surface area contributed by atoms with Crippen molar-refractivity contribution in [2.75, 3.05) is 25.1 Å². The van der Waals surface area contributed by atoms with Gasteiger partial charge in [-0.2, -0.15) is 0 Å². The average Bonchev–Trinajstić information content (AvgIpc) is 3.23. The summed E-state index contributed by atoms with van der Waals surface area (Å²) in [6.07, 6.45) is 7.93. The van der Waals surface area contributed by atoms with Crippen molar-refractivity contribution >= 4 is 5.95 Å². The largest absolute Gasteiger partial charge is 0.468 e. The second kappa shape index (κ2) is 6.53. The maximum absolute atomic E-state index is 6.16. The van der Waals surface area contributed by atoms with Gasteiger partial charge in [-0.15, -0.1) is 0 Å². The molecule has 0 saturated carbocycles. The number of aromatic nitrogens is 2. The van der Waals surface area contributed by atoms with E-state index >= 15 is 0 Å². The lowest BCUT2D eigenvalue weighted by Crippen LogP contribution is -2.46. The third-order valence-corrected chi connectivity index (χ3v) is 5.07. The number of hydrogen-bond acceptors (Lipinski definition) is 6. The average molecular weight is 328 g/mol. The summed E-state index contributed by atoms with van der Waals surface area (Å²) in [7, 11) is 2.14. The van der Waals surface area contributed by atoms with Crippen LogP contribution in [0, 0.1) is 6.92 Å². The summed E-state index contributed by atoms with van der Waals surface area (Å²) in [5, 5.41) is 0. The minimum atomic E-state index is 0.198. The molecule has 2 aliphatic heterocycles. The van der Waals surface area contributed by atoms with Crippen molar-refractivity contribution in [2.45, 2.75) is 44.5 Å². The van der Waals surface area contributed by atoms with Gasteiger partial charge in [0, 0.05) is 25.5 Å². The highest BCUT2D eigenvalue weighted by molar-refractivity contribution is 5.37. The van der Waals surface area contributed by atoms with Crippen LogP contribution in [0.3, 0.4) is 0 Å². The minimum absolute atomic E-state index is 0.198. The summed E-state index contributed by atoms with van der Waals surface area (Å²) in [6.45, 7) is 4.53. The zero-order valence-electron chi connectivity index (χ0n) is 14.3. The quantitative estimate of drug-likeness (QED) is 0.858. The van der Waals surface area contributed by atoms with Crippen molar-refractivity contribution in [1.29, 1.82) is 0 Å². The molecule has 0 bridgehead atoms. The Labute approximate surface area is 142 Å². The molecule has 0 spiro atoms. The van der Waals surface area contributed by atoms with E-state index in [1.165, 1.54) is 0 Å². The van der Waals surface area contributed by atoms with Crippen LogP contribution in [0.5, 0.6) is 0 Å². The number of ether oxygens (including phenoxy) is 1. The maximum atomic E-state index is 6.16. The molecule has 0 aromatic carbocycles. The molecule has 0 amide bonds. The van der Waals surface area contributed by atoms with E-state index in [0.29, 0.717) is 12.1 Å². The first kappa shape index (κ1) is 15.6. The highest BCUT2D eigenvalue weighted by atomic mass is 16.5. The molecule has 4 heterocycles. The van der Waals surface area contributed by atoms with Crippen LogP contribution in [-0.2, 0) is 11.3 Å². The van der Waals surface area contributed by atoms with Crippen LogP contribution in [-0.4, -0.2) is 53.3 Å². The smallest absolute Gasteiger partial charge is 0.225 e. The fraction of sp³-hybridized carbons (Fsp3) is 0.556. The number of hydrogen-bond donors (Lipinski definition) is 0. The van der Waals surface area contributed by atoms with E-state index in [-0.39, 0.29) is 6.10 Å². The number of anilines is 1. The summed E-state index contributed by atoms with van der Waals surface area (Å²) >= 11 is 0. The van der Waals surface area contributed by atoms with Crippen LogP contribution in [0.25, 0.3) is 0 Å². The molecule has 4 rings (SSSR count). The van der Waals surface area contributed by atoms with Crippen molar-refractivity contribution < 1.29 is 9.15 Å². The van der Waals surface area contributed by atoms with Gasteiger partial charge in [-0.25, -0.2) is 9.97 Å². The number of likely N-dealkylation sites (N-methyl/N-ethyl adjacent to an activating group) is 1. The Hall–Kier alpha value is -1.92. The van der Waals surface area contributed by atoms with Gasteiger partial charge in [-0.1, -0.05) is 0 Å². The second-order valence-electron chi connectivity index (χ2n) is 6.82. The highest BCUT2D eigenvalue weighted by Crippen LogP contribution is 2.33. The molecular weight excluding hydrogens is 304 g/mol. The Morgan fingerprint density at radius 2 is 2.17 bits per heavy atom. The van der Waals surface area contributed by atoms with Crippen molar-refractivity contribution in [3.63, 3.8) is 0 Å². The van der Waals surface area contributed by atoms with E-state index in [4.69, 9.17) is 9.15 Å². The lowest BCUT2D eigenvalue weighted by atomic mass is 10.0. The first-order chi connectivity index (χ1) is 11.7. The summed E-state index contributed by atoms with van der Waals surface area (Å²) in [5.74, 6) is 1.80. The molecule has 2 aromatic rings. The lowest BCUT2D eigenvalue weighted by Gasteiger charge is -2.34. The summed E-state index contributed by atoms with van der Waals surface area (Å²) in [6, 6.07) is 4.62. The predicted molar refractivity (Wildman–Crippen MR) is 90.8 cm³/mol. The predicted octanol–water partition coefficient (Wildman–Crippen LogP) is 2.25. The molecule has 2 aromatic heterocycles. The van der Waals surface area contributed by atoms with Gasteiger partial charge in [0.1, 0.15) is 5.76 Å². The zero-order chi connectivity index (χ0) is 16.5. The maximum Gasteiger partial charge on any atom is 0.225 e. The van der Waals surface area contributed by atoms with Crippen LogP contribution in [0.2, 0.25) is 0 Å². The van der Waals surface area contributed by atoms with Crippen molar-refractivity contribution in [1.82, 2.24) is 14.9 Å². The minimum Gasteiger partial charge on any atom is -0.468 e. The number of aryl methyl sites for hydroxylation is 1. The molecule has 24 heavy (non-hydrogen) atoms. The monoisotopic (exact) mass is 328 g/mol. The summed E-state index contributed by atoms with van der Waals surface area (Å²) < 4.78 is 11.7. The number of fused-ring (bicyclic) bond motifs is 1. The third kappa shape index (κ3) is 2.91. The summed E-state index contributed by atoms with van der Waals surface area (Å²) in [4.78, 5) is 13.7. The lowest BCUT2D eigenvalue weighted by molar-refractivity contribution is -0.0256. The Balaban J connectivity index is 1.55. The highest BCUT2D eigenvalue weighted by Gasteiger charge is 2.46. The van der Waals surface area contributed by atoms with Gasteiger partial charge in [-0.3, -0.25) is 4.90 Å². The SMILES string of the molecule is Cc1cnc(N2C[C@@H](N(C)Cc3ccco3)[C@H]3OCCC[C@H]32)nc1. The molecule has 0 radical (unpaired) electrons. The standard InChI is InChI=1S/C18H24N4O2/c1-13-9-19-18(20-10-13)22-12-16(17-15(22)6-4-8-24-17)21(2)11-14-5-3-7-23-14/h3,5,7,9-10,15-17H,4,6,8,11-12H2,1-2H3/t15-,16-,17+/m1/s1. The molecule has 0 unspecified atom stereocenters. The molecule has 6 heteroatoms. The Morgan fingerprint density at radius 3 is 2.92 bits per heavy atom. The molecule has 0 aliphatic carbocycles. The van der Waals surface area contributed by atoms with E-state index < -0.39 is 0 Å². The third-order valence-electron chi connectivity index (χ3n) is 5.07. The Kier molecular flexibility index (Phi) is 4.24. The Bertz CT molecular complexity index is 658. The van der Waals surface area contributed by atoms with Crippen LogP contribution >= 0.6 is 0 Å². The van der Waals surface area contributed by atoms with Gasteiger partial charge in [0.25, 0.3) is 0 Å². The van der Waals surface area contributed by atoms with Gasteiger partial charge in [0.05, 0.1) is 31.0 Å². The number of rotatable bonds is 4. The van der Waals surface area contributed by atoms with E-state index in [9.17, 15) is 0 Å². The van der Waals surface area contributed by atoms with Crippen molar-refractivity contribution in [2.24, 2.45) is 0 Å². The summed E-state index contributed by atoms with van der Waals surface area (Å²) in [5.41, 5.74) is 1.08. The first-order valence-electron chi connectivity index (χ1n) is 8.62. The topological polar surface area (TPSA) is 54.6 Å². The molecule has 3 atom stereocenters. The van der Waals surface area contributed by atoms with Crippen molar-refractivity contribution in [3.8, 4) is 0 Å². The normalized spacial score (nSPS) is 26.8. The van der Waals surface area contributed by atoms with Crippen LogP contribution in [0.15, 0.2) is 35.2 Å². The van der Waals surface area contributed by atoms with Gasteiger partial charge < -0.3 is 14.1 Å². The molecule has 2 fully saturated rings. The molecule has 6 nitrogen and oxygen atoms in total. The van der Waals surface area contributed by atoms with E-state index in [2.05, 4.69) is 26.8 Å². The zero-order valence-corrected chi connectivity index (χ0v) is 14.3. The number of nitrogens with zero attached hydrogens (tertiary/aromatic N) is 4. The fourth-order valence-electron chi connectivity index (χ4n) is 3.85. The Morgan fingerprint density at radius 1 is 1.33 bits per heavy atom. The molecular formula is C18H24N4O2. The van der Waals surface area contributed by atoms with Gasteiger partial charge in [-0.05, 0) is 44.5 Å². The van der Waals surface area contributed by atoms with Gasteiger partial charge in [0.2, 0.25) is 5.95 Å². The van der Waals surface area contributed by atoms with E-state index in [1.54, 1.807) is 6.26 Å². The number of furan rings is 1. The van der Waals surface area contributed by atoms with Crippen LogP contribution < -0.4 is 4.90 Å². The molecule has 2 aliphatic rings. The molecule has 2 saturated heterocycles.